The van der Waals surface area contributed by atoms with Gasteiger partial charge < -0.3 is 4.74 Å². The van der Waals surface area contributed by atoms with E-state index in [0.717, 1.165) is 25.2 Å². The highest BCUT2D eigenvalue weighted by atomic mass is 32.2. The second-order valence-electron chi connectivity index (χ2n) is 6.46. The maximum Gasteiger partial charge on any atom is 0.312 e. The van der Waals surface area contributed by atoms with Gasteiger partial charge in [0.15, 0.2) is 0 Å². The number of hydrogen-bond donors (Lipinski definition) is 1. The molecule has 0 radical (unpaired) electrons. The summed E-state index contributed by atoms with van der Waals surface area (Å²) in [6.07, 6.45) is 6.72. The normalized spacial score (nSPS) is 40.4. The molecule has 19 heavy (non-hydrogen) atoms. The molecule has 3 fully saturated rings. The Labute approximate surface area is 113 Å². The van der Waals surface area contributed by atoms with Crippen molar-refractivity contribution in [3.63, 3.8) is 0 Å². The number of rotatable bonds is 4. The molecule has 3 aliphatic carbocycles. The molecule has 0 aromatic rings. The monoisotopic (exact) mass is 288 g/mol. The Balaban J connectivity index is 1.58. The molecule has 5 nitrogen and oxygen atoms in total. The summed E-state index contributed by atoms with van der Waals surface area (Å²) in [5.41, 5.74) is -0.320. The Morgan fingerprint density at radius 3 is 2.68 bits per heavy atom. The van der Waals surface area contributed by atoms with E-state index in [2.05, 4.69) is 0 Å². The summed E-state index contributed by atoms with van der Waals surface area (Å²) in [6.45, 7) is -0.236. The minimum Gasteiger partial charge on any atom is -0.464 e. The molecule has 0 amide bonds. The molecular formula is C13H20O5S. The van der Waals surface area contributed by atoms with Crippen molar-refractivity contribution in [3.05, 3.63) is 0 Å². The van der Waals surface area contributed by atoms with Crippen LogP contribution in [0.2, 0.25) is 0 Å². The van der Waals surface area contributed by atoms with E-state index in [-0.39, 0.29) is 18.0 Å². The van der Waals surface area contributed by atoms with Gasteiger partial charge in [-0.3, -0.25) is 9.35 Å². The van der Waals surface area contributed by atoms with E-state index in [1.165, 1.54) is 19.3 Å². The topological polar surface area (TPSA) is 80.7 Å². The summed E-state index contributed by atoms with van der Waals surface area (Å²) < 4.78 is 34.9. The van der Waals surface area contributed by atoms with Crippen molar-refractivity contribution in [2.75, 3.05) is 12.4 Å². The third-order valence-corrected chi connectivity index (χ3v) is 5.82. The van der Waals surface area contributed by atoms with Gasteiger partial charge >= 0.3 is 5.97 Å². The second-order valence-corrected chi connectivity index (χ2v) is 8.04. The van der Waals surface area contributed by atoms with E-state index >= 15 is 0 Å². The van der Waals surface area contributed by atoms with Gasteiger partial charge in [-0.1, -0.05) is 12.8 Å². The molecule has 4 unspecified atom stereocenters. The number of ether oxygens (including phenoxy) is 1. The highest BCUT2D eigenvalue weighted by molar-refractivity contribution is 7.85. The molecule has 0 aromatic heterocycles. The average molecular weight is 288 g/mol. The van der Waals surface area contributed by atoms with Gasteiger partial charge in [-0.2, -0.15) is 8.42 Å². The van der Waals surface area contributed by atoms with Crippen LogP contribution < -0.4 is 0 Å². The number of fused-ring (bicyclic) bond motifs is 3. The van der Waals surface area contributed by atoms with E-state index < -0.39 is 15.9 Å². The van der Waals surface area contributed by atoms with Crippen LogP contribution in [0.15, 0.2) is 0 Å². The summed E-state index contributed by atoms with van der Waals surface area (Å²) >= 11 is 0. The number of carbonyl (C=O) groups is 1. The first-order chi connectivity index (χ1) is 8.89. The van der Waals surface area contributed by atoms with Crippen LogP contribution in [0.25, 0.3) is 0 Å². The summed E-state index contributed by atoms with van der Waals surface area (Å²) in [6, 6.07) is 0. The SMILES string of the molecule is O=C(OCCS(=O)(=O)O)C12CC3CCC(C3)CC1C2. The molecular weight excluding hydrogens is 268 g/mol. The van der Waals surface area contributed by atoms with Gasteiger partial charge in [-0.15, -0.1) is 0 Å². The molecule has 0 saturated heterocycles. The van der Waals surface area contributed by atoms with E-state index in [4.69, 9.17) is 9.29 Å². The Kier molecular flexibility index (Phi) is 3.13. The Hall–Kier alpha value is -0.620. The summed E-state index contributed by atoms with van der Waals surface area (Å²) in [5.74, 6) is 1.12. The fourth-order valence-electron chi connectivity index (χ4n) is 4.15. The Bertz CT molecular complexity index is 485. The van der Waals surface area contributed by atoms with Crippen LogP contribution in [-0.2, 0) is 19.6 Å². The lowest BCUT2D eigenvalue weighted by molar-refractivity contribution is -0.151. The zero-order valence-corrected chi connectivity index (χ0v) is 11.7. The number of hydrogen-bond acceptors (Lipinski definition) is 4. The van der Waals surface area contributed by atoms with Gasteiger partial charge in [-0.05, 0) is 43.4 Å². The predicted octanol–water partition coefficient (Wildman–Crippen LogP) is 1.63. The van der Waals surface area contributed by atoms with E-state index in [9.17, 15) is 13.2 Å². The summed E-state index contributed by atoms with van der Waals surface area (Å²) in [5, 5.41) is 0. The minimum absolute atomic E-state index is 0.236. The van der Waals surface area contributed by atoms with Crippen LogP contribution in [0.3, 0.4) is 0 Å². The van der Waals surface area contributed by atoms with Crippen LogP contribution in [0.4, 0.5) is 0 Å². The van der Waals surface area contributed by atoms with Gasteiger partial charge in [0.25, 0.3) is 10.1 Å². The summed E-state index contributed by atoms with van der Waals surface area (Å²) in [7, 11) is -4.05. The van der Waals surface area contributed by atoms with Crippen molar-refractivity contribution in [3.8, 4) is 0 Å². The van der Waals surface area contributed by atoms with Crippen LogP contribution in [0.5, 0.6) is 0 Å². The second kappa shape index (κ2) is 4.45. The van der Waals surface area contributed by atoms with Crippen molar-refractivity contribution < 1.29 is 22.5 Å². The standard InChI is InChI=1S/C13H20O5S/c14-12(18-3-4-19(15,16)17)13-7-10-2-1-9(5-10)6-11(13)8-13/h9-11H,1-8H2,(H,15,16,17). The fraction of sp³-hybridized carbons (Fsp3) is 0.923. The van der Waals surface area contributed by atoms with Crippen molar-refractivity contribution in [2.24, 2.45) is 23.2 Å². The maximum atomic E-state index is 12.2. The smallest absolute Gasteiger partial charge is 0.312 e. The molecule has 3 saturated carbocycles. The molecule has 1 N–H and O–H groups in total. The Morgan fingerprint density at radius 1 is 1.21 bits per heavy atom. The molecule has 0 aromatic carbocycles. The van der Waals surface area contributed by atoms with Gasteiger partial charge in [0.1, 0.15) is 12.4 Å². The van der Waals surface area contributed by atoms with Crippen LogP contribution in [0.1, 0.15) is 38.5 Å². The van der Waals surface area contributed by atoms with Crippen molar-refractivity contribution in [2.45, 2.75) is 38.5 Å². The molecule has 0 spiro atoms. The van der Waals surface area contributed by atoms with E-state index in [1.807, 2.05) is 0 Å². The van der Waals surface area contributed by atoms with Crippen LogP contribution in [0, 0.1) is 23.2 Å². The zero-order chi connectivity index (χ0) is 13.7. The minimum atomic E-state index is -4.05. The summed E-state index contributed by atoms with van der Waals surface area (Å²) in [4.78, 5) is 12.2. The van der Waals surface area contributed by atoms with Gasteiger partial charge in [0.2, 0.25) is 0 Å². The molecule has 0 aliphatic heterocycles. The molecule has 3 aliphatic rings. The number of carbonyl (C=O) groups excluding carboxylic acids is 1. The molecule has 108 valence electrons. The molecule has 4 atom stereocenters. The third kappa shape index (κ3) is 2.65. The average Bonchev–Trinajstić information content (AvgIpc) is 2.76. The third-order valence-electron chi connectivity index (χ3n) is 5.13. The fourth-order valence-corrected chi connectivity index (χ4v) is 4.45. The molecule has 0 heterocycles. The van der Waals surface area contributed by atoms with Gasteiger partial charge in [0.05, 0.1) is 5.41 Å². The number of esters is 1. The molecule has 6 heteroatoms. The first-order valence-electron chi connectivity index (χ1n) is 7.01. The maximum absolute atomic E-state index is 12.2. The molecule has 3 rings (SSSR count). The highest BCUT2D eigenvalue weighted by Crippen LogP contribution is 2.65. The van der Waals surface area contributed by atoms with Crippen molar-refractivity contribution in [1.82, 2.24) is 0 Å². The largest absolute Gasteiger partial charge is 0.464 e. The van der Waals surface area contributed by atoms with Crippen LogP contribution in [-0.4, -0.2) is 31.3 Å². The quantitative estimate of drug-likeness (QED) is 0.628. The first kappa shape index (κ1) is 13.4. The van der Waals surface area contributed by atoms with Gasteiger partial charge in [0, 0.05) is 0 Å². The first-order valence-corrected chi connectivity index (χ1v) is 8.62. The van der Waals surface area contributed by atoms with Crippen molar-refractivity contribution in [1.29, 1.82) is 0 Å². The molecule has 2 bridgehead atoms. The Morgan fingerprint density at radius 2 is 1.95 bits per heavy atom. The highest BCUT2D eigenvalue weighted by Gasteiger charge is 2.63. The van der Waals surface area contributed by atoms with E-state index in [1.54, 1.807) is 0 Å². The lowest BCUT2D eigenvalue weighted by Gasteiger charge is -2.19. The van der Waals surface area contributed by atoms with Gasteiger partial charge in [-0.25, -0.2) is 0 Å². The lowest BCUT2D eigenvalue weighted by atomic mass is 9.89. The van der Waals surface area contributed by atoms with Crippen molar-refractivity contribution >= 4 is 16.1 Å². The zero-order valence-electron chi connectivity index (χ0n) is 10.9. The lowest BCUT2D eigenvalue weighted by Crippen LogP contribution is -2.25. The van der Waals surface area contributed by atoms with Crippen LogP contribution >= 0.6 is 0 Å². The predicted molar refractivity (Wildman–Crippen MR) is 68.0 cm³/mol. The van der Waals surface area contributed by atoms with E-state index in [0.29, 0.717) is 11.8 Å².